The summed E-state index contributed by atoms with van der Waals surface area (Å²) >= 11 is 5.20. The van der Waals surface area contributed by atoms with Gasteiger partial charge in [0.2, 0.25) is 0 Å². The lowest BCUT2D eigenvalue weighted by molar-refractivity contribution is 0.709. The van der Waals surface area contributed by atoms with Crippen LogP contribution in [0.3, 0.4) is 0 Å². The van der Waals surface area contributed by atoms with Gasteiger partial charge < -0.3 is 4.90 Å². The lowest BCUT2D eigenvalue weighted by atomic mass is 10.2. The highest BCUT2D eigenvalue weighted by molar-refractivity contribution is 9.09. The summed E-state index contributed by atoms with van der Waals surface area (Å²) in [6, 6.07) is 0. The van der Waals surface area contributed by atoms with Gasteiger partial charge in [-0.1, -0.05) is 29.3 Å². The van der Waals surface area contributed by atoms with Gasteiger partial charge in [0.25, 0.3) is 0 Å². The molecule has 15 heavy (non-hydrogen) atoms. The Morgan fingerprint density at radius 3 is 2.80 bits per heavy atom. The molecule has 1 heterocycles. The van der Waals surface area contributed by atoms with Crippen LogP contribution in [0.25, 0.3) is 0 Å². The molecule has 0 aromatic carbocycles. The molecule has 1 aromatic heterocycles. The predicted molar refractivity (Wildman–Crippen MR) is 72.4 cm³/mol. The third-order valence-electron chi connectivity index (χ3n) is 2.36. The summed E-state index contributed by atoms with van der Waals surface area (Å²) in [7, 11) is 2.13. The Hall–Kier alpha value is -0.0900. The first-order valence-electron chi connectivity index (χ1n) is 5.49. The van der Waals surface area contributed by atoms with Gasteiger partial charge in [-0.05, 0) is 19.3 Å². The van der Waals surface area contributed by atoms with E-state index in [9.17, 15) is 0 Å². The SMILES string of the molecule is CCc1csc(N(C)CCCCCBr)n1. The number of aryl methyl sites for hydroxylation is 1. The number of hydrogen-bond acceptors (Lipinski definition) is 3. The minimum atomic E-state index is 1.04. The maximum absolute atomic E-state index is 4.56. The van der Waals surface area contributed by atoms with E-state index >= 15 is 0 Å². The topological polar surface area (TPSA) is 16.1 Å². The molecule has 0 aliphatic heterocycles. The van der Waals surface area contributed by atoms with E-state index in [4.69, 9.17) is 0 Å². The van der Waals surface area contributed by atoms with E-state index in [0.29, 0.717) is 0 Å². The number of aromatic nitrogens is 1. The molecule has 0 fully saturated rings. The maximum atomic E-state index is 4.56. The van der Waals surface area contributed by atoms with Gasteiger partial charge in [-0.2, -0.15) is 0 Å². The number of alkyl halides is 1. The van der Waals surface area contributed by atoms with Crippen molar-refractivity contribution in [1.29, 1.82) is 0 Å². The Bertz CT molecular complexity index is 275. The first-order chi connectivity index (χ1) is 7.27. The molecule has 0 saturated heterocycles. The number of thiazole rings is 1. The fourth-order valence-electron chi connectivity index (χ4n) is 1.35. The van der Waals surface area contributed by atoms with Crippen LogP contribution in [0.15, 0.2) is 5.38 Å². The van der Waals surface area contributed by atoms with Crippen LogP contribution in [0.2, 0.25) is 0 Å². The first-order valence-corrected chi connectivity index (χ1v) is 7.49. The molecule has 1 aromatic rings. The molecule has 0 aliphatic carbocycles. The van der Waals surface area contributed by atoms with Gasteiger partial charge in [-0.3, -0.25) is 0 Å². The van der Waals surface area contributed by atoms with E-state index in [2.05, 4.69) is 45.2 Å². The van der Waals surface area contributed by atoms with Crippen molar-refractivity contribution in [2.24, 2.45) is 0 Å². The van der Waals surface area contributed by atoms with Crippen molar-refractivity contribution in [2.45, 2.75) is 32.6 Å². The van der Waals surface area contributed by atoms with Gasteiger partial charge in [-0.25, -0.2) is 4.98 Å². The van der Waals surface area contributed by atoms with E-state index in [0.717, 1.165) is 23.4 Å². The van der Waals surface area contributed by atoms with Crippen LogP contribution < -0.4 is 4.90 Å². The summed E-state index contributed by atoms with van der Waals surface area (Å²) in [6.07, 6.45) is 4.85. The third kappa shape index (κ3) is 4.51. The smallest absolute Gasteiger partial charge is 0.185 e. The Morgan fingerprint density at radius 2 is 2.20 bits per heavy atom. The van der Waals surface area contributed by atoms with Gasteiger partial charge in [0.15, 0.2) is 5.13 Å². The molecule has 1 rings (SSSR count). The molecule has 0 radical (unpaired) electrons. The van der Waals surface area contributed by atoms with Crippen LogP contribution in [-0.2, 0) is 6.42 Å². The molecule has 2 nitrogen and oxygen atoms in total. The monoisotopic (exact) mass is 290 g/mol. The van der Waals surface area contributed by atoms with Gasteiger partial charge in [0.05, 0.1) is 5.69 Å². The van der Waals surface area contributed by atoms with Crippen molar-refractivity contribution in [1.82, 2.24) is 4.98 Å². The predicted octanol–water partition coefficient (Wildman–Crippen LogP) is 3.71. The lowest BCUT2D eigenvalue weighted by Gasteiger charge is -2.14. The number of hydrogen-bond donors (Lipinski definition) is 0. The van der Waals surface area contributed by atoms with Crippen molar-refractivity contribution in [3.05, 3.63) is 11.1 Å². The van der Waals surface area contributed by atoms with Gasteiger partial charge >= 0.3 is 0 Å². The van der Waals surface area contributed by atoms with E-state index < -0.39 is 0 Å². The highest BCUT2D eigenvalue weighted by atomic mass is 79.9. The fraction of sp³-hybridized carbons (Fsp3) is 0.727. The molecule has 0 amide bonds. The zero-order chi connectivity index (χ0) is 11.1. The highest BCUT2D eigenvalue weighted by Crippen LogP contribution is 2.19. The Kier molecular flexibility index (Phi) is 6.25. The average Bonchev–Trinajstić information content (AvgIpc) is 2.72. The summed E-state index contributed by atoms with van der Waals surface area (Å²) in [5, 5.41) is 4.43. The van der Waals surface area contributed by atoms with Crippen molar-refractivity contribution >= 4 is 32.4 Å². The second-order valence-corrected chi connectivity index (χ2v) is 5.28. The molecule has 0 bridgehead atoms. The summed E-state index contributed by atoms with van der Waals surface area (Å²) in [4.78, 5) is 6.82. The standard InChI is InChI=1S/C11H19BrN2S/c1-3-10-9-15-11(13-10)14(2)8-6-4-5-7-12/h9H,3-8H2,1-2H3. The summed E-state index contributed by atoms with van der Waals surface area (Å²) in [5.74, 6) is 0. The average molecular weight is 291 g/mol. The van der Waals surface area contributed by atoms with Crippen LogP contribution in [0, 0.1) is 0 Å². The lowest BCUT2D eigenvalue weighted by Crippen LogP contribution is -2.18. The van der Waals surface area contributed by atoms with Crippen molar-refractivity contribution in [3.63, 3.8) is 0 Å². The van der Waals surface area contributed by atoms with Gasteiger partial charge in [-0.15, -0.1) is 11.3 Å². The second kappa shape index (κ2) is 7.23. The molecule has 0 saturated carbocycles. The van der Waals surface area contributed by atoms with Crippen LogP contribution >= 0.6 is 27.3 Å². The summed E-state index contributed by atoms with van der Waals surface area (Å²) < 4.78 is 0. The number of unbranched alkanes of at least 4 members (excludes halogenated alkanes) is 2. The Labute approximate surface area is 105 Å². The molecule has 0 unspecified atom stereocenters. The van der Waals surface area contributed by atoms with Crippen molar-refractivity contribution < 1.29 is 0 Å². The van der Waals surface area contributed by atoms with E-state index in [1.54, 1.807) is 11.3 Å². The van der Waals surface area contributed by atoms with Crippen LogP contribution in [0.4, 0.5) is 5.13 Å². The van der Waals surface area contributed by atoms with Crippen molar-refractivity contribution in [2.75, 3.05) is 23.8 Å². The molecular weight excluding hydrogens is 272 g/mol. The molecule has 0 atom stereocenters. The molecule has 4 heteroatoms. The number of nitrogens with zero attached hydrogens (tertiary/aromatic N) is 2. The minimum absolute atomic E-state index is 1.04. The van der Waals surface area contributed by atoms with Crippen molar-refractivity contribution in [3.8, 4) is 0 Å². The summed E-state index contributed by atoms with van der Waals surface area (Å²) in [5.41, 5.74) is 1.21. The van der Waals surface area contributed by atoms with E-state index in [-0.39, 0.29) is 0 Å². The molecule has 0 aliphatic rings. The number of rotatable bonds is 7. The number of anilines is 1. The van der Waals surface area contributed by atoms with Crippen LogP contribution in [0.5, 0.6) is 0 Å². The first kappa shape index (κ1) is 13.0. The summed E-state index contributed by atoms with van der Waals surface area (Å²) in [6.45, 7) is 3.26. The molecule has 0 spiro atoms. The van der Waals surface area contributed by atoms with E-state index in [1.165, 1.54) is 25.0 Å². The van der Waals surface area contributed by atoms with E-state index in [1.807, 2.05) is 0 Å². The molecule has 86 valence electrons. The normalized spacial score (nSPS) is 10.6. The second-order valence-electron chi connectivity index (χ2n) is 3.65. The largest absolute Gasteiger partial charge is 0.351 e. The number of halogens is 1. The molecular formula is C11H19BrN2S. The van der Waals surface area contributed by atoms with Gasteiger partial charge in [0.1, 0.15) is 0 Å². The van der Waals surface area contributed by atoms with Crippen LogP contribution in [0.1, 0.15) is 31.9 Å². The maximum Gasteiger partial charge on any atom is 0.185 e. The zero-order valence-electron chi connectivity index (χ0n) is 9.50. The Balaban J connectivity index is 2.29. The quantitative estimate of drug-likeness (QED) is 0.562. The highest BCUT2D eigenvalue weighted by Gasteiger charge is 2.05. The molecule has 0 N–H and O–H groups in total. The Morgan fingerprint density at radius 1 is 1.40 bits per heavy atom. The van der Waals surface area contributed by atoms with Gasteiger partial charge in [0, 0.05) is 24.3 Å². The third-order valence-corrected chi connectivity index (χ3v) is 3.92. The fourth-order valence-corrected chi connectivity index (χ4v) is 2.65. The van der Waals surface area contributed by atoms with Crippen LogP contribution in [-0.4, -0.2) is 23.9 Å². The zero-order valence-corrected chi connectivity index (χ0v) is 11.9. The minimum Gasteiger partial charge on any atom is -0.351 e.